The summed E-state index contributed by atoms with van der Waals surface area (Å²) in [7, 11) is 2.42. The van der Waals surface area contributed by atoms with E-state index in [1.54, 1.807) is 0 Å². The number of Topliss-reactive ketones (excluding diaryl/α,β-unsaturated/α-hetero) is 2. The highest BCUT2D eigenvalue weighted by Gasteiger charge is 2.30. The van der Waals surface area contributed by atoms with Crippen LogP contribution in [-0.4, -0.2) is 180 Å². The fraction of sp³-hybridized carbons (Fsp3) is 0.725. The molecule has 0 aromatic rings. The van der Waals surface area contributed by atoms with Gasteiger partial charge in [0, 0.05) is 56.5 Å². The van der Waals surface area contributed by atoms with Gasteiger partial charge in [0.25, 0.3) is 0 Å². The van der Waals surface area contributed by atoms with Crippen LogP contribution in [-0.2, 0) is 67.1 Å². The number of ketones is 2. The summed E-state index contributed by atoms with van der Waals surface area (Å²) >= 11 is 0. The molecule has 1 aliphatic rings. The van der Waals surface area contributed by atoms with Gasteiger partial charge in [0.1, 0.15) is 30.2 Å². The molecule has 0 radical (unpaired) electrons. The highest BCUT2D eigenvalue weighted by atomic mass is 33.1. The van der Waals surface area contributed by atoms with Gasteiger partial charge in [-0.05, 0) is 44.9 Å². The van der Waals surface area contributed by atoms with Crippen LogP contribution < -0.4 is 43.0 Å². The fourth-order valence-corrected chi connectivity index (χ4v) is 10.6. The predicted molar refractivity (Wildman–Crippen MR) is 293 cm³/mol. The van der Waals surface area contributed by atoms with Gasteiger partial charge in [0.15, 0.2) is 11.6 Å². The van der Waals surface area contributed by atoms with Crippen LogP contribution in [0.5, 0.6) is 0 Å². The maximum absolute atomic E-state index is 13.2. The van der Waals surface area contributed by atoms with Crippen molar-refractivity contribution in [2.24, 2.45) is 5.73 Å². The number of carbonyl (C=O) groups is 14. The number of amides is 6. The summed E-state index contributed by atoms with van der Waals surface area (Å²) in [6, 6.07) is -9.72. The SMILES string of the molecule is NC(=O)CC[C@H](NC(=O)CC[C@@H](NC(=O)CC[C@@H](NC(=O)CC[C@H](NC(=O)CC[C@H](NC(=O)CCCCCCCCCCCCCCCCC(=O)O)C(=O)O)C(=O)O)C(=O)O)C(=O)O)C(=O)CN[C@H]1CSSC[C@@H](C(=O)O)NCC1=O. The number of nitrogens with one attached hydrogen (secondary N) is 7. The van der Waals surface area contributed by atoms with E-state index in [-0.39, 0.29) is 50.2 Å². The molecule has 0 bridgehead atoms. The second-order valence-corrected chi connectivity index (χ2v) is 22.2. The van der Waals surface area contributed by atoms with E-state index >= 15 is 0 Å². The van der Waals surface area contributed by atoms with E-state index < -0.39 is 177 Å². The number of carboxylic acids is 6. The Bertz CT molecular complexity index is 2120. The van der Waals surface area contributed by atoms with Gasteiger partial charge in [-0.15, -0.1) is 0 Å². The molecule has 1 rings (SSSR count). The minimum Gasteiger partial charge on any atom is -0.481 e. The summed E-state index contributed by atoms with van der Waals surface area (Å²) in [5.41, 5.74) is 5.24. The number of rotatable bonds is 46. The maximum Gasteiger partial charge on any atom is 0.326 e. The van der Waals surface area contributed by atoms with Gasteiger partial charge in [-0.25, -0.2) is 19.2 Å². The van der Waals surface area contributed by atoms with Crippen molar-refractivity contribution in [3.8, 4) is 0 Å². The van der Waals surface area contributed by atoms with Crippen LogP contribution in [0.1, 0.15) is 167 Å². The quantitative estimate of drug-likeness (QED) is 0.0298. The Labute approximate surface area is 477 Å². The van der Waals surface area contributed by atoms with E-state index in [0.29, 0.717) is 6.42 Å². The molecule has 0 aromatic heterocycles. The molecule has 7 atom stereocenters. The molecular formula is C51H82N8O20S2. The van der Waals surface area contributed by atoms with E-state index in [1.165, 1.54) is 21.6 Å². The normalized spacial score (nSPS) is 16.3. The zero-order chi connectivity index (χ0) is 60.7. The van der Waals surface area contributed by atoms with Crippen molar-refractivity contribution < 1.29 is 97.8 Å². The number of primary amides is 1. The number of aliphatic carboxylic acids is 6. The molecule has 0 spiro atoms. The van der Waals surface area contributed by atoms with E-state index in [9.17, 15) is 92.7 Å². The molecule has 15 N–H and O–H groups in total. The lowest BCUT2D eigenvalue weighted by Crippen LogP contribution is -2.51. The van der Waals surface area contributed by atoms with Crippen molar-refractivity contribution in [1.29, 1.82) is 0 Å². The Morgan fingerprint density at radius 3 is 1.11 bits per heavy atom. The molecule has 1 fully saturated rings. The Morgan fingerprint density at radius 1 is 0.444 bits per heavy atom. The highest BCUT2D eigenvalue weighted by Crippen LogP contribution is 2.24. The number of carbonyl (C=O) groups excluding carboxylic acids is 8. The third-order valence-corrected chi connectivity index (χ3v) is 15.3. The molecule has 0 saturated carbocycles. The van der Waals surface area contributed by atoms with Crippen molar-refractivity contribution in [2.45, 2.75) is 209 Å². The molecule has 1 aliphatic heterocycles. The fourth-order valence-electron chi connectivity index (χ4n) is 8.16. The number of unbranched alkanes of at least 4 members (excludes halogenated alkanes) is 13. The summed E-state index contributed by atoms with van der Waals surface area (Å²) in [6.45, 7) is -0.760. The van der Waals surface area contributed by atoms with Gasteiger partial charge < -0.3 is 63.0 Å². The monoisotopic (exact) mass is 1190 g/mol. The molecule has 1 heterocycles. The average molecular weight is 1190 g/mol. The van der Waals surface area contributed by atoms with Crippen LogP contribution in [0.25, 0.3) is 0 Å². The van der Waals surface area contributed by atoms with Crippen molar-refractivity contribution in [2.75, 3.05) is 24.6 Å². The summed E-state index contributed by atoms with van der Waals surface area (Å²) in [6.07, 6.45) is 9.14. The molecule has 81 heavy (non-hydrogen) atoms. The van der Waals surface area contributed by atoms with Crippen molar-refractivity contribution >= 4 is 104 Å². The van der Waals surface area contributed by atoms with Gasteiger partial charge in [-0.2, -0.15) is 0 Å². The van der Waals surface area contributed by atoms with E-state index in [4.69, 9.17) is 10.8 Å². The van der Waals surface area contributed by atoms with Gasteiger partial charge in [0.05, 0.1) is 25.2 Å². The first-order valence-corrected chi connectivity index (χ1v) is 29.8. The second-order valence-electron chi connectivity index (χ2n) is 19.7. The minimum atomic E-state index is -1.73. The van der Waals surface area contributed by atoms with E-state index in [2.05, 4.69) is 37.2 Å². The van der Waals surface area contributed by atoms with Crippen molar-refractivity contribution in [1.82, 2.24) is 37.2 Å². The van der Waals surface area contributed by atoms with Gasteiger partial charge >= 0.3 is 35.8 Å². The smallest absolute Gasteiger partial charge is 0.326 e. The zero-order valence-corrected chi connectivity index (χ0v) is 47.2. The number of hydrogen-bond acceptors (Lipinski definition) is 18. The Balaban J connectivity index is 2.55. The molecular weight excluding hydrogens is 1110 g/mol. The molecule has 0 aliphatic carbocycles. The minimum absolute atomic E-state index is 0.0725. The van der Waals surface area contributed by atoms with Crippen LogP contribution >= 0.6 is 21.6 Å². The summed E-state index contributed by atoms with van der Waals surface area (Å²) < 4.78 is 0. The van der Waals surface area contributed by atoms with Crippen molar-refractivity contribution in [3.63, 3.8) is 0 Å². The van der Waals surface area contributed by atoms with Gasteiger partial charge in [-0.1, -0.05) is 98.6 Å². The number of carboxylic acid groups (broad SMARTS) is 6. The average Bonchev–Trinajstić information content (AvgIpc) is 3.49. The molecule has 0 aromatic carbocycles. The standard InChI is InChI=1S/C51H82N8O20S2/c52-40(62)22-17-31(38(60)27-53-36-29-80-81-30-37(51(78)79)54-28-39(36)61)55-42(64)23-18-33(48(72)73)57-44(66)25-20-35(50(76)77)59-45(67)26-21-34(49(74)75)58-43(65)24-19-32(47(70)71)56-41(63)15-13-11-9-7-5-3-1-2-4-6-8-10-12-14-16-46(68)69/h31-37,53-54H,1-30H2,(H2,52,62)(H,55,64)(H,56,63)(H,57,66)(H,58,65)(H,59,67)(H,68,69)(H,70,71)(H,72,73)(H,74,75)(H,76,77)(H,78,79)/t31-,32-,33+,34-,35+,36-,37-/m0/s1. The summed E-state index contributed by atoms with van der Waals surface area (Å²) in [5.74, 6) is -13.9. The number of nitrogens with two attached hydrogens (primary N) is 1. The molecule has 28 nitrogen and oxygen atoms in total. The zero-order valence-electron chi connectivity index (χ0n) is 45.5. The van der Waals surface area contributed by atoms with Gasteiger partial charge in [0.2, 0.25) is 35.4 Å². The first-order chi connectivity index (χ1) is 38.4. The molecule has 1 saturated heterocycles. The van der Waals surface area contributed by atoms with Crippen LogP contribution in [0, 0.1) is 0 Å². The molecule has 458 valence electrons. The van der Waals surface area contributed by atoms with Crippen LogP contribution in [0.15, 0.2) is 0 Å². The molecule has 0 unspecified atom stereocenters. The maximum atomic E-state index is 13.2. The second kappa shape index (κ2) is 42.4. The van der Waals surface area contributed by atoms with Crippen LogP contribution in [0.2, 0.25) is 0 Å². The summed E-state index contributed by atoms with van der Waals surface area (Å²) in [5, 5.41) is 73.5. The third kappa shape index (κ3) is 35.8. The van der Waals surface area contributed by atoms with Crippen LogP contribution in [0.3, 0.4) is 0 Å². The van der Waals surface area contributed by atoms with Crippen molar-refractivity contribution in [3.05, 3.63) is 0 Å². The third-order valence-electron chi connectivity index (χ3n) is 12.9. The van der Waals surface area contributed by atoms with E-state index in [0.717, 1.165) is 83.5 Å². The number of hydrogen-bond donors (Lipinski definition) is 14. The Kier molecular flexibility index (Phi) is 38.1. The predicted octanol–water partition coefficient (Wildman–Crippen LogP) is 0.996. The first kappa shape index (κ1) is 72.6. The van der Waals surface area contributed by atoms with Gasteiger partial charge in [-0.3, -0.25) is 58.6 Å². The first-order valence-electron chi connectivity index (χ1n) is 27.3. The topological polar surface area (TPSA) is 471 Å². The largest absolute Gasteiger partial charge is 0.481 e. The lowest BCUT2D eigenvalue weighted by atomic mass is 10.0. The van der Waals surface area contributed by atoms with E-state index in [1.807, 2.05) is 0 Å². The molecule has 30 heteroatoms. The Hall–Kier alpha value is -6.40. The molecule has 6 amide bonds. The Morgan fingerprint density at radius 2 is 0.765 bits per heavy atom. The lowest BCUT2D eigenvalue weighted by molar-refractivity contribution is -0.144. The highest BCUT2D eigenvalue weighted by molar-refractivity contribution is 8.76. The van der Waals surface area contributed by atoms with Crippen LogP contribution in [0.4, 0.5) is 0 Å². The lowest BCUT2D eigenvalue weighted by Gasteiger charge is -2.21. The summed E-state index contributed by atoms with van der Waals surface area (Å²) in [4.78, 5) is 171.